The molecule has 0 fully saturated rings. The highest BCUT2D eigenvalue weighted by molar-refractivity contribution is 6.48. The van der Waals surface area contributed by atoms with E-state index < -0.39 is 0 Å². The molecule has 1 aromatic heterocycles. The van der Waals surface area contributed by atoms with Crippen LogP contribution in [0.2, 0.25) is 0 Å². The molecule has 5 nitrogen and oxygen atoms in total. The fourth-order valence-electron chi connectivity index (χ4n) is 1.92. The van der Waals surface area contributed by atoms with E-state index in [1.165, 1.54) is 0 Å². The molecule has 0 radical (unpaired) electrons. The van der Waals surface area contributed by atoms with Crippen molar-refractivity contribution < 1.29 is 4.79 Å². The van der Waals surface area contributed by atoms with E-state index in [0.29, 0.717) is 12.1 Å². The second kappa shape index (κ2) is 5.48. The number of likely N-dealkylation sites (N-methyl/N-ethyl adjacent to an activating group) is 1. The summed E-state index contributed by atoms with van der Waals surface area (Å²) in [6.07, 6.45) is 1.65. The number of aromatic nitrogens is 2. The molecule has 0 bridgehead atoms. The summed E-state index contributed by atoms with van der Waals surface area (Å²) in [4.78, 5) is 13.9. The Morgan fingerprint density at radius 1 is 1.32 bits per heavy atom. The van der Waals surface area contributed by atoms with Gasteiger partial charge in [0.05, 0.1) is 6.20 Å². The highest BCUT2D eigenvalue weighted by Gasteiger charge is 2.21. The first-order chi connectivity index (χ1) is 9.15. The zero-order chi connectivity index (χ0) is 13.8. The van der Waals surface area contributed by atoms with Crippen molar-refractivity contribution >= 4 is 17.4 Å². The number of nitrogens with zero attached hydrogens (tertiary/aromatic N) is 3. The molecule has 0 aliphatic rings. The molecule has 2 rings (SSSR count). The summed E-state index contributed by atoms with van der Waals surface area (Å²) in [6, 6.07) is 10.7. The van der Waals surface area contributed by atoms with E-state index in [4.69, 9.17) is 5.41 Å². The molecular weight excluding hydrogens is 240 g/mol. The summed E-state index contributed by atoms with van der Waals surface area (Å²) in [5.41, 5.74) is 0.521. The average Bonchev–Trinajstić information content (AvgIpc) is 2.86. The summed E-state index contributed by atoms with van der Waals surface area (Å²) in [7, 11) is 1.79. The third-order valence-corrected chi connectivity index (χ3v) is 2.91. The first-order valence-electron chi connectivity index (χ1n) is 6.09. The third kappa shape index (κ3) is 2.54. The summed E-state index contributed by atoms with van der Waals surface area (Å²) in [5.74, 6) is 0.401. The van der Waals surface area contributed by atoms with Crippen molar-refractivity contribution in [1.82, 2.24) is 9.78 Å². The Hall–Kier alpha value is -2.43. The van der Waals surface area contributed by atoms with Gasteiger partial charge in [-0.3, -0.25) is 14.9 Å². The molecule has 0 unspecified atom stereocenters. The number of amidine groups is 1. The minimum Gasteiger partial charge on any atom is -0.309 e. The maximum absolute atomic E-state index is 12.3. The quantitative estimate of drug-likeness (QED) is 0.517. The summed E-state index contributed by atoms with van der Waals surface area (Å²) >= 11 is 0. The Labute approximate surface area is 112 Å². The predicted octanol–water partition coefficient (Wildman–Crippen LogP) is 2.11. The van der Waals surface area contributed by atoms with Crippen molar-refractivity contribution in [1.29, 1.82) is 5.41 Å². The predicted molar refractivity (Wildman–Crippen MR) is 74.7 cm³/mol. The van der Waals surface area contributed by atoms with Crippen molar-refractivity contribution in [2.45, 2.75) is 6.92 Å². The molecule has 0 spiro atoms. The van der Waals surface area contributed by atoms with E-state index in [2.05, 4.69) is 5.10 Å². The van der Waals surface area contributed by atoms with Gasteiger partial charge in [-0.15, -0.1) is 0 Å². The van der Waals surface area contributed by atoms with Crippen molar-refractivity contribution in [2.24, 2.45) is 7.05 Å². The lowest BCUT2D eigenvalue weighted by Gasteiger charge is -2.22. The van der Waals surface area contributed by atoms with Gasteiger partial charge in [0, 0.05) is 25.2 Å². The van der Waals surface area contributed by atoms with E-state index in [9.17, 15) is 4.79 Å². The number of benzene rings is 1. The average molecular weight is 256 g/mol. The van der Waals surface area contributed by atoms with Crippen LogP contribution in [0.4, 0.5) is 5.82 Å². The van der Waals surface area contributed by atoms with Gasteiger partial charge < -0.3 is 4.90 Å². The maximum Gasteiger partial charge on any atom is 0.227 e. The fourth-order valence-corrected chi connectivity index (χ4v) is 1.92. The minimum atomic E-state index is -0.288. The molecular formula is C14H16N4O. The van der Waals surface area contributed by atoms with Gasteiger partial charge in [-0.05, 0) is 6.92 Å². The van der Waals surface area contributed by atoms with Crippen LogP contribution in [0, 0.1) is 5.41 Å². The molecule has 1 aromatic carbocycles. The molecule has 0 saturated heterocycles. The van der Waals surface area contributed by atoms with Crippen LogP contribution in [-0.4, -0.2) is 27.9 Å². The lowest BCUT2D eigenvalue weighted by molar-refractivity contribution is 0.106. The summed E-state index contributed by atoms with van der Waals surface area (Å²) in [5, 5.41) is 12.2. The molecule has 1 heterocycles. The molecule has 0 atom stereocenters. The van der Waals surface area contributed by atoms with Crippen molar-refractivity contribution in [3.63, 3.8) is 0 Å². The number of aryl methyl sites for hydroxylation is 1. The van der Waals surface area contributed by atoms with Crippen LogP contribution in [-0.2, 0) is 7.05 Å². The summed E-state index contributed by atoms with van der Waals surface area (Å²) < 4.78 is 1.65. The number of hydrogen-bond acceptors (Lipinski definition) is 3. The second-order valence-corrected chi connectivity index (χ2v) is 4.10. The van der Waals surface area contributed by atoms with Gasteiger partial charge in [0.1, 0.15) is 5.82 Å². The molecule has 0 aliphatic heterocycles. The Balaban J connectivity index is 2.28. The van der Waals surface area contributed by atoms with Crippen LogP contribution >= 0.6 is 0 Å². The Bertz CT molecular complexity index is 589. The number of carbonyl (C=O) groups is 1. The molecule has 2 aromatic rings. The monoisotopic (exact) mass is 256 g/mol. The van der Waals surface area contributed by atoms with Gasteiger partial charge >= 0.3 is 0 Å². The molecule has 5 heteroatoms. The van der Waals surface area contributed by atoms with Gasteiger partial charge in [-0.25, -0.2) is 0 Å². The van der Waals surface area contributed by atoms with Crippen LogP contribution in [0.15, 0.2) is 42.6 Å². The van der Waals surface area contributed by atoms with Crippen LogP contribution < -0.4 is 4.90 Å². The molecule has 0 aliphatic carbocycles. The summed E-state index contributed by atoms with van der Waals surface area (Å²) in [6.45, 7) is 2.44. The van der Waals surface area contributed by atoms with Crippen LogP contribution in [0.1, 0.15) is 17.3 Å². The number of carbonyl (C=O) groups excluding carboxylic acids is 1. The first kappa shape index (κ1) is 13.0. The fraction of sp³-hybridized carbons (Fsp3) is 0.214. The SMILES string of the molecule is CCN(C(=N)C(=O)c1ccccc1)c1ccnn1C. The topological polar surface area (TPSA) is 62.0 Å². The van der Waals surface area contributed by atoms with E-state index in [-0.39, 0.29) is 11.6 Å². The first-order valence-corrected chi connectivity index (χ1v) is 6.09. The Morgan fingerprint density at radius 3 is 2.53 bits per heavy atom. The standard InChI is InChI=1S/C14H16N4O/c1-3-18(12-9-10-16-17(12)2)14(15)13(19)11-7-5-4-6-8-11/h4-10,15H,3H2,1-2H3. The molecule has 98 valence electrons. The van der Waals surface area contributed by atoms with Crippen molar-refractivity contribution in [3.8, 4) is 0 Å². The van der Waals surface area contributed by atoms with Gasteiger partial charge in [0.2, 0.25) is 5.78 Å². The second-order valence-electron chi connectivity index (χ2n) is 4.10. The number of hydrogen-bond donors (Lipinski definition) is 1. The van der Waals surface area contributed by atoms with Crippen LogP contribution in [0.5, 0.6) is 0 Å². The minimum absolute atomic E-state index is 0.0442. The van der Waals surface area contributed by atoms with Gasteiger partial charge in [0.15, 0.2) is 5.84 Å². The number of nitrogens with one attached hydrogen (secondary N) is 1. The normalized spacial score (nSPS) is 10.2. The van der Waals surface area contributed by atoms with Crippen molar-refractivity contribution in [2.75, 3.05) is 11.4 Å². The zero-order valence-electron chi connectivity index (χ0n) is 11.0. The van der Waals surface area contributed by atoms with Crippen LogP contribution in [0.3, 0.4) is 0 Å². The third-order valence-electron chi connectivity index (χ3n) is 2.91. The molecule has 0 amide bonds. The van der Waals surface area contributed by atoms with Gasteiger partial charge in [-0.1, -0.05) is 30.3 Å². The highest BCUT2D eigenvalue weighted by atomic mass is 16.1. The van der Waals surface area contributed by atoms with Gasteiger partial charge in [-0.2, -0.15) is 5.10 Å². The smallest absolute Gasteiger partial charge is 0.227 e. The van der Waals surface area contributed by atoms with Crippen molar-refractivity contribution in [3.05, 3.63) is 48.2 Å². The lowest BCUT2D eigenvalue weighted by atomic mass is 10.1. The Morgan fingerprint density at radius 2 is 2.00 bits per heavy atom. The van der Waals surface area contributed by atoms with E-state index in [1.807, 2.05) is 13.0 Å². The largest absolute Gasteiger partial charge is 0.309 e. The van der Waals surface area contributed by atoms with Gasteiger partial charge in [0.25, 0.3) is 0 Å². The number of ketones is 1. The number of Topliss-reactive ketones (excluding diaryl/α,β-unsaturated/α-hetero) is 1. The lowest BCUT2D eigenvalue weighted by Crippen LogP contribution is -2.37. The zero-order valence-corrected chi connectivity index (χ0v) is 11.0. The van der Waals surface area contributed by atoms with E-state index in [1.54, 1.807) is 53.2 Å². The van der Waals surface area contributed by atoms with Crippen LogP contribution in [0.25, 0.3) is 0 Å². The number of rotatable bonds is 4. The maximum atomic E-state index is 12.3. The Kier molecular flexibility index (Phi) is 3.75. The van der Waals surface area contributed by atoms with E-state index in [0.717, 1.165) is 5.82 Å². The van der Waals surface area contributed by atoms with E-state index >= 15 is 0 Å². The molecule has 0 saturated carbocycles. The highest BCUT2D eigenvalue weighted by Crippen LogP contribution is 2.14. The number of anilines is 1. The molecule has 19 heavy (non-hydrogen) atoms. The molecule has 1 N–H and O–H groups in total.